The molecule has 0 aromatic carbocycles. The van der Waals surface area contributed by atoms with Gasteiger partial charge in [-0.3, -0.25) is 4.79 Å². The van der Waals surface area contributed by atoms with Gasteiger partial charge in [-0.05, 0) is 20.4 Å². The molecule has 0 aromatic heterocycles. The Morgan fingerprint density at radius 3 is 2.31 bits per heavy atom. The Kier molecular flexibility index (Phi) is 10.5. The van der Waals surface area contributed by atoms with Crippen molar-refractivity contribution in [3.05, 3.63) is 0 Å². The summed E-state index contributed by atoms with van der Waals surface area (Å²) >= 11 is 0. The smallest absolute Gasteiger partial charge is 0.323 e. The van der Waals surface area contributed by atoms with Crippen LogP contribution in [0.1, 0.15) is 58.8 Å². The van der Waals surface area contributed by atoms with E-state index in [2.05, 4.69) is 12.2 Å². The second-order valence-corrected chi connectivity index (χ2v) is 4.15. The lowest BCUT2D eigenvalue weighted by Crippen LogP contribution is -2.35. The lowest BCUT2D eigenvalue weighted by molar-refractivity contribution is -0.145. The molecule has 0 saturated carbocycles. The maximum Gasteiger partial charge on any atom is 0.323 e. The summed E-state index contributed by atoms with van der Waals surface area (Å²) in [5.74, 6) is -0.112. The van der Waals surface area contributed by atoms with Crippen LogP contribution in [-0.4, -0.2) is 25.7 Å². The highest BCUT2D eigenvalue weighted by Gasteiger charge is 2.16. The Bertz CT molecular complexity index is 171. The number of esters is 1. The van der Waals surface area contributed by atoms with E-state index in [1.54, 1.807) is 0 Å². The van der Waals surface area contributed by atoms with Gasteiger partial charge in [-0.1, -0.05) is 45.4 Å². The van der Waals surface area contributed by atoms with Crippen LogP contribution in [0.4, 0.5) is 0 Å². The molecule has 96 valence electrons. The zero-order valence-electron chi connectivity index (χ0n) is 11.1. The zero-order valence-corrected chi connectivity index (χ0v) is 11.1. The molecule has 1 N–H and O–H groups in total. The second kappa shape index (κ2) is 10.9. The highest BCUT2D eigenvalue weighted by molar-refractivity contribution is 5.75. The van der Waals surface area contributed by atoms with Gasteiger partial charge in [0.1, 0.15) is 6.04 Å². The third kappa shape index (κ3) is 7.69. The number of rotatable bonds is 10. The normalized spacial score (nSPS) is 12.4. The number of hydrogen-bond donors (Lipinski definition) is 1. The van der Waals surface area contributed by atoms with Gasteiger partial charge in [-0.2, -0.15) is 0 Å². The van der Waals surface area contributed by atoms with Crippen molar-refractivity contribution in [1.82, 2.24) is 5.32 Å². The molecule has 0 radical (unpaired) electrons. The van der Waals surface area contributed by atoms with Gasteiger partial charge in [0, 0.05) is 0 Å². The Morgan fingerprint density at radius 1 is 1.12 bits per heavy atom. The van der Waals surface area contributed by atoms with E-state index < -0.39 is 0 Å². The Hall–Kier alpha value is -0.570. The molecular formula is C13H27NO2. The summed E-state index contributed by atoms with van der Waals surface area (Å²) in [4.78, 5) is 11.5. The van der Waals surface area contributed by atoms with Crippen LogP contribution in [0.25, 0.3) is 0 Å². The lowest BCUT2D eigenvalue weighted by atomic mass is 10.1. The first-order valence-corrected chi connectivity index (χ1v) is 6.60. The van der Waals surface area contributed by atoms with Gasteiger partial charge in [0.25, 0.3) is 0 Å². The molecule has 0 bridgehead atoms. The monoisotopic (exact) mass is 229 g/mol. The quantitative estimate of drug-likeness (QED) is 0.462. The molecule has 0 aromatic rings. The molecule has 0 fully saturated rings. The van der Waals surface area contributed by atoms with Crippen molar-refractivity contribution < 1.29 is 9.53 Å². The third-order valence-electron chi connectivity index (χ3n) is 2.77. The van der Waals surface area contributed by atoms with E-state index in [4.69, 9.17) is 4.74 Å². The first kappa shape index (κ1) is 15.4. The second-order valence-electron chi connectivity index (χ2n) is 4.15. The maximum atomic E-state index is 11.5. The van der Waals surface area contributed by atoms with Crippen LogP contribution in [0, 0.1) is 0 Å². The van der Waals surface area contributed by atoms with E-state index in [9.17, 15) is 4.79 Å². The molecule has 0 heterocycles. The topological polar surface area (TPSA) is 38.3 Å². The number of hydrogen-bond acceptors (Lipinski definition) is 3. The molecule has 0 saturated heterocycles. The Morgan fingerprint density at radius 2 is 1.75 bits per heavy atom. The zero-order chi connectivity index (χ0) is 12.2. The van der Waals surface area contributed by atoms with Crippen LogP contribution in [0.3, 0.4) is 0 Å². The predicted molar refractivity (Wildman–Crippen MR) is 67.5 cm³/mol. The van der Waals surface area contributed by atoms with E-state index in [1.165, 1.54) is 32.1 Å². The van der Waals surface area contributed by atoms with Crippen LogP contribution >= 0.6 is 0 Å². The first-order valence-electron chi connectivity index (χ1n) is 6.60. The molecule has 16 heavy (non-hydrogen) atoms. The van der Waals surface area contributed by atoms with E-state index >= 15 is 0 Å². The SMILES string of the molecule is CCCCCCCCC(NC)C(=O)OCC. The average Bonchev–Trinajstić information content (AvgIpc) is 2.28. The minimum absolute atomic E-state index is 0.112. The van der Waals surface area contributed by atoms with Crippen LogP contribution < -0.4 is 5.32 Å². The van der Waals surface area contributed by atoms with Crippen LogP contribution in [0.15, 0.2) is 0 Å². The van der Waals surface area contributed by atoms with Crippen molar-refractivity contribution in [2.75, 3.05) is 13.7 Å². The number of nitrogens with one attached hydrogen (secondary N) is 1. The Labute approximate surface area is 99.9 Å². The van der Waals surface area contributed by atoms with Crippen molar-refractivity contribution >= 4 is 5.97 Å². The highest BCUT2D eigenvalue weighted by Crippen LogP contribution is 2.09. The lowest BCUT2D eigenvalue weighted by Gasteiger charge is -2.14. The van der Waals surface area contributed by atoms with Crippen molar-refractivity contribution in [2.24, 2.45) is 0 Å². The summed E-state index contributed by atoms with van der Waals surface area (Å²) in [5.41, 5.74) is 0. The number of ether oxygens (including phenoxy) is 1. The number of unbranched alkanes of at least 4 members (excludes halogenated alkanes) is 5. The van der Waals surface area contributed by atoms with Crippen molar-refractivity contribution in [2.45, 2.75) is 64.8 Å². The summed E-state index contributed by atoms with van der Waals surface area (Å²) in [6.45, 7) is 4.53. The van der Waals surface area contributed by atoms with Crippen LogP contribution in [0.2, 0.25) is 0 Å². The largest absolute Gasteiger partial charge is 0.465 e. The van der Waals surface area contributed by atoms with E-state index in [0.717, 1.165) is 12.8 Å². The van der Waals surface area contributed by atoms with Gasteiger partial charge < -0.3 is 10.1 Å². The minimum Gasteiger partial charge on any atom is -0.465 e. The van der Waals surface area contributed by atoms with Gasteiger partial charge in [-0.15, -0.1) is 0 Å². The van der Waals surface area contributed by atoms with E-state index in [-0.39, 0.29) is 12.0 Å². The van der Waals surface area contributed by atoms with Crippen molar-refractivity contribution in [3.8, 4) is 0 Å². The van der Waals surface area contributed by atoms with Gasteiger partial charge in [0.05, 0.1) is 6.61 Å². The van der Waals surface area contributed by atoms with Gasteiger partial charge in [0.2, 0.25) is 0 Å². The number of likely N-dealkylation sites (N-methyl/N-ethyl adjacent to an activating group) is 1. The van der Waals surface area contributed by atoms with Gasteiger partial charge in [-0.25, -0.2) is 0 Å². The van der Waals surface area contributed by atoms with Gasteiger partial charge >= 0.3 is 5.97 Å². The molecule has 1 atom stereocenters. The van der Waals surface area contributed by atoms with Crippen LogP contribution in [-0.2, 0) is 9.53 Å². The number of carbonyl (C=O) groups is 1. The molecule has 0 spiro atoms. The molecular weight excluding hydrogens is 202 g/mol. The Balaban J connectivity index is 3.51. The van der Waals surface area contributed by atoms with E-state index in [0.29, 0.717) is 6.61 Å². The third-order valence-corrected chi connectivity index (χ3v) is 2.77. The fourth-order valence-corrected chi connectivity index (χ4v) is 1.75. The molecule has 1 unspecified atom stereocenters. The molecule has 0 aliphatic rings. The molecule has 3 nitrogen and oxygen atoms in total. The summed E-state index contributed by atoms with van der Waals surface area (Å²) in [7, 11) is 1.82. The van der Waals surface area contributed by atoms with Crippen LogP contribution in [0.5, 0.6) is 0 Å². The summed E-state index contributed by atoms with van der Waals surface area (Å²) in [5, 5.41) is 3.01. The predicted octanol–water partition coefficient (Wildman–Crippen LogP) is 2.89. The van der Waals surface area contributed by atoms with E-state index in [1.807, 2.05) is 14.0 Å². The molecule has 0 aliphatic heterocycles. The minimum atomic E-state index is -0.119. The summed E-state index contributed by atoms with van der Waals surface area (Å²) in [6, 6.07) is -0.119. The summed E-state index contributed by atoms with van der Waals surface area (Å²) < 4.78 is 4.99. The summed E-state index contributed by atoms with van der Waals surface area (Å²) in [6.07, 6.45) is 8.43. The average molecular weight is 229 g/mol. The maximum absolute atomic E-state index is 11.5. The van der Waals surface area contributed by atoms with Gasteiger partial charge in [0.15, 0.2) is 0 Å². The van der Waals surface area contributed by atoms with Crippen molar-refractivity contribution in [3.63, 3.8) is 0 Å². The fraction of sp³-hybridized carbons (Fsp3) is 0.923. The number of carbonyl (C=O) groups excluding carboxylic acids is 1. The first-order chi connectivity index (χ1) is 7.76. The van der Waals surface area contributed by atoms with Crippen molar-refractivity contribution in [1.29, 1.82) is 0 Å². The standard InChI is InChI=1S/C13H27NO2/c1-4-6-7-8-9-10-11-12(14-3)13(15)16-5-2/h12,14H,4-11H2,1-3H3. The molecule has 3 heteroatoms. The molecule has 0 amide bonds. The fourth-order valence-electron chi connectivity index (χ4n) is 1.75. The highest BCUT2D eigenvalue weighted by atomic mass is 16.5. The molecule has 0 aliphatic carbocycles. The molecule has 0 rings (SSSR count).